The normalized spacial score (nSPS) is 17.9. The van der Waals surface area contributed by atoms with E-state index in [1.54, 1.807) is 12.1 Å². The second-order valence-electron chi connectivity index (χ2n) is 4.71. The largest absolute Gasteiger partial charge is 0.368 e. The molecular weight excluding hydrogens is 299 g/mol. The Labute approximate surface area is 125 Å². The zero-order valence-corrected chi connectivity index (χ0v) is 12.4. The molecule has 0 saturated heterocycles. The number of rotatable bonds is 2. The molecule has 0 amide bonds. The maximum absolute atomic E-state index is 14.4. The summed E-state index contributed by atoms with van der Waals surface area (Å²) in [7, 11) is 0. The van der Waals surface area contributed by atoms with Crippen LogP contribution in [-0.2, 0) is 11.2 Å². The number of benzene rings is 1. The van der Waals surface area contributed by atoms with Gasteiger partial charge in [-0.1, -0.05) is 17.7 Å². The molecule has 2 heterocycles. The smallest absolute Gasteiger partial charge is 0.160 e. The SMILES string of the molecule is Cc1sc(C=O)cc1C1OCCc2ccc(Cl)c(F)c21. The number of hydrogen-bond donors (Lipinski definition) is 0. The molecule has 5 heteroatoms. The van der Waals surface area contributed by atoms with Crippen LogP contribution in [0.3, 0.4) is 0 Å². The Morgan fingerprint density at radius 2 is 2.30 bits per heavy atom. The molecule has 1 aliphatic rings. The van der Waals surface area contributed by atoms with Crippen LogP contribution in [0.5, 0.6) is 0 Å². The summed E-state index contributed by atoms with van der Waals surface area (Å²) in [5.41, 5.74) is 2.27. The number of thiophene rings is 1. The molecule has 0 fully saturated rings. The summed E-state index contributed by atoms with van der Waals surface area (Å²) in [5, 5.41) is 0.0998. The van der Waals surface area contributed by atoms with Gasteiger partial charge in [0.05, 0.1) is 16.5 Å². The number of hydrogen-bond acceptors (Lipinski definition) is 3. The first-order valence-corrected chi connectivity index (χ1v) is 7.45. The van der Waals surface area contributed by atoms with Gasteiger partial charge in [0.25, 0.3) is 0 Å². The van der Waals surface area contributed by atoms with E-state index in [9.17, 15) is 9.18 Å². The molecule has 1 unspecified atom stereocenters. The van der Waals surface area contributed by atoms with Crippen LogP contribution in [0, 0.1) is 12.7 Å². The predicted octanol–water partition coefficient (Wildman–Crippen LogP) is 4.32. The summed E-state index contributed by atoms with van der Waals surface area (Å²) in [6.07, 6.45) is 0.991. The molecule has 104 valence electrons. The van der Waals surface area contributed by atoms with Gasteiger partial charge in [0.1, 0.15) is 11.9 Å². The minimum Gasteiger partial charge on any atom is -0.368 e. The Balaban J connectivity index is 2.16. The van der Waals surface area contributed by atoms with E-state index in [1.807, 2.05) is 13.0 Å². The van der Waals surface area contributed by atoms with Crippen LogP contribution in [0.2, 0.25) is 5.02 Å². The van der Waals surface area contributed by atoms with E-state index in [1.165, 1.54) is 11.3 Å². The summed E-state index contributed by atoms with van der Waals surface area (Å²) in [6.45, 7) is 2.44. The van der Waals surface area contributed by atoms with Crippen molar-refractivity contribution in [1.29, 1.82) is 0 Å². The van der Waals surface area contributed by atoms with Gasteiger partial charge in [-0.3, -0.25) is 4.79 Å². The van der Waals surface area contributed by atoms with E-state index < -0.39 is 11.9 Å². The number of aryl methyl sites for hydroxylation is 1. The second-order valence-corrected chi connectivity index (χ2v) is 6.41. The van der Waals surface area contributed by atoms with Gasteiger partial charge < -0.3 is 4.74 Å². The summed E-state index contributed by atoms with van der Waals surface area (Å²) >= 11 is 7.28. The van der Waals surface area contributed by atoms with Crippen LogP contribution in [0.15, 0.2) is 18.2 Å². The lowest BCUT2D eigenvalue weighted by molar-refractivity contribution is 0.0668. The zero-order chi connectivity index (χ0) is 14.3. The third kappa shape index (κ3) is 2.18. The van der Waals surface area contributed by atoms with Crippen molar-refractivity contribution < 1.29 is 13.9 Å². The van der Waals surface area contributed by atoms with Gasteiger partial charge in [0, 0.05) is 10.4 Å². The first-order chi connectivity index (χ1) is 9.61. The first-order valence-electron chi connectivity index (χ1n) is 6.25. The molecule has 3 rings (SSSR count). The molecule has 0 radical (unpaired) electrons. The van der Waals surface area contributed by atoms with Crippen LogP contribution < -0.4 is 0 Å². The summed E-state index contributed by atoms with van der Waals surface area (Å²) < 4.78 is 20.1. The van der Waals surface area contributed by atoms with Gasteiger partial charge in [0.15, 0.2) is 6.29 Å². The topological polar surface area (TPSA) is 26.3 Å². The van der Waals surface area contributed by atoms with Crippen molar-refractivity contribution in [3.63, 3.8) is 0 Å². The number of aldehydes is 1. The molecule has 0 spiro atoms. The highest BCUT2D eigenvalue weighted by Gasteiger charge is 2.29. The number of carbonyl (C=O) groups excluding carboxylic acids is 1. The van der Waals surface area contributed by atoms with Crippen LogP contribution >= 0.6 is 22.9 Å². The molecule has 0 aliphatic carbocycles. The van der Waals surface area contributed by atoms with Crippen molar-refractivity contribution in [2.24, 2.45) is 0 Å². The lowest BCUT2D eigenvalue weighted by atomic mass is 9.92. The predicted molar refractivity (Wildman–Crippen MR) is 77.4 cm³/mol. The van der Waals surface area contributed by atoms with Gasteiger partial charge >= 0.3 is 0 Å². The van der Waals surface area contributed by atoms with Crippen molar-refractivity contribution in [3.8, 4) is 0 Å². The fourth-order valence-electron chi connectivity index (χ4n) is 2.56. The van der Waals surface area contributed by atoms with Crippen molar-refractivity contribution in [3.05, 3.63) is 55.5 Å². The molecule has 2 aromatic rings. The van der Waals surface area contributed by atoms with E-state index in [2.05, 4.69) is 0 Å². The monoisotopic (exact) mass is 310 g/mol. The summed E-state index contributed by atoms with van der Waals surface area (Å²) in [4.78, 5) is 12.5. The van der Waals surface area contributed by atoms with Crippen molar-refractivity contribution in [1.82, 2.24) is 0 Å². The van der Waals surface area contributed by atoms with Crippen molar-refractivity contribution in [2.45, 2.75) is 19.4 Å². The molecule has 2 nitrogen and oxygen atoms in total. The summed E-state index contributed by atoms with van der Waals surface area (Å²) in [6, 6.07) is 5.20. The van der Waals surface area contributed by atoms with Gasteiger partial charge in [0.2, 0.25) is 0 Å². The highest BCUT2D eigenvalue weighted by molar-refractivity contribution is 7.13. The molecule has 0 bridgehead atoms. The van der Waals surface area contributed by atoms with Crippen LogP contribution in [0.4, 0.5) is 4.39 Å². The molecule has 0 N–H and O–H groups in total. The average Bonchev–Trinajstić information content (AvgIpc) is 2.83. The van der Waals surface area contributed by atoms with Gasteiger partial charge in [-0.15, -0.1) is 11.3 Å². The molecule has 20 heavy (non-hydrogen) atoms. The van der Waals surface area contributed by atoms with Crippen molar-refractivity contribution in [2.75, 3.05) is 6.61 Å². The summed E-state index contributed by atoms with van der Waals surface area (Å²) in [5.74, 6) is -0.424. The van der Waals surface area contributed by atoms with E-state index in [0.717, 1.165) is 22.3 Å². The fraction of sp³-hybridized carbons (Fsp3) is 0.267. The molecule has 0 saturated carbocycles. The van der Waals surface area contributed by atoms with Gasteiger partial charge in [-0.05, 0) is 36.6 Å². The fourth-order valence-corrected chi connectivity index (χ4v) is 3.60. The lowest BCUT2D eigenvalue weighted by Crippen LogP contribution is -2.19. The zero-order valence-electron chi connectivity index (χ0n) is 10.8. The van der Waals surface area contributed by atoms with Crippen LogP contribution in [0.1, 0.15) is 37.3 Å². The quantitative estimate of drug-likeness (QED) is 0.772. The Hall–Kier alpha value is -1.23. The van der Waals surface area contributed by atoms with E-state index >= 15 is 0 Å². The maximum Gasteiger partial charge on any atom is 0.160 e. The maximum atomic E-state index is 14.4. The Bertz CT molecular complexity index is 681. The number of halogens is 2. The van der Waals surface area contributed by atoms with E-state index in [4.69, 9.17) is 16.3 Å². The Kier molecular flexibility index (Phi) is 3.63. The highest BCUT2D eigenvalue weighted by atomic mass is 35.5. The molecular formula is C15H12ClFO2S. The van der Waals surface area contributed by atoms with E-state index in [-0.39, 0.29) is 5.02 Å². The molecule has 1 aliphatic heterocycles. The number of carbonyl (C=O) groups is 1. The molecule has 1 aromatic heterocycles. The Morgan fingerprint density at radius 3 is 3.00 bits per heavy atom. The first kappa shape index (κ1) is 13.7. The third-order valence-corrected chi connectivity index (χ3v) is 4.80. The highest BCUT2D eigenvalue weighted by Crippen LogP contribution is 2.40. The minimum atomic E-state index is -0.484. The van der Waals surface area contributed by atoms with Crippen LogP contribution in [0.25, 0.3) is 0 Å². The molecule has 1 aromatic carbocycles. The molecule has 1 atom stereocenters. The Morgan fingerprint density at radius 1 is 1.50 bits per heavy atom. The van der Waals surface area contributed by atoms with Gasteiger partial charge in [-0.25, -0.2) is 4.39 Å². The third-order valence-electron chi connectivity index (χ3n) is 3.51. The number of fused-ring (bicyclic) bond motifs is 1. The average molecular weight is 311 g/mol. The number of ether oxygens (including phenoxy) is 1. The lowest BCUT2D eigenvalue weighted by Gasteiger charge is -2.27. The minimum absolute atomic E-state index is 0.0998. The standard InChI is InChI=1S/C15H12ClFO2S/c1-8-11(6-10(7-18)20-8)15-13-9(4-5-19-15)2-3-12(16)14(13)17/h2-3,6-7,15H,4-5H2,1H3. The van der Waals surface area contributed by atoms with Crippen molar-refractivity contribution >= 4 is 29.2 Å². The second kappa shape index (κ2) is 5.28. The van der Waals surface area contributed by atoms with Crippen LogP contribution in [-0.4, -0.2) is 12.9 Å². The van der Waals surface area contributed by atoms with E-state index in [0.29, 0.717) is 23.5 Å². The van der Waals surface area contributed by atoms with Gasteiger partial charge in [-0.2, -0.15) is 0 Å².